The molecule has 0 bridgehead atoms. The van der Waals surface area contributed by atoms with Crippen LogP contribution in [-0.4, -0.2) is 8.80 Å². The van der Waals surface area contributed by atoms with E-state index in [0.29, 0.717) is 0 Å². The molecule has 1 rings (SSSR count). The van der Waals surface area contributed by atoms with E-state index in [2.05, 4.69) is 13.5 Å². The summed E-state index contributed by atoms with van der Waals surface area (Å²) in [4.78, 5) is 0. The van der Waals surface area contributed by atoms with E-state index in [9.17, 15) is 0 Å². The average molecular weight is 99.2 g/mol. The highest BCUT2D eigenvalue weighted by atomic mass is 28.3. The standard InChI is InChI=1S/C5H11Si/c1-5-3-6(2)4-5/h5H,3-4H2,1-2H3. The summed E-state index contributed by atoms with van der Waals surface area (Å²) in [5.41, 5.74) is 0. The van der Waals surface area contributed by atoms with Gasteiger partial charge in [0.2, 0.25) is 0 Å². The molecule has 1 aliphatic heterocycles. The van der Waals surface area contributed by atoms with Crippen LogP contribution in [0.5, 0.6) is 0 Å². The van der Waals surface area contributed by atoms with Crippen molar-refractivity contribution in [1.82, 2.24) is 0 Å². The highest BCUT2D eigenvalue weighted by Crippen LogP contribution is 2.26. The van der Waals surface area contributed by atoms with E-state index in [1.807, 2.05) is 0 Å². The zero-order valence-electron chi connectivity index (χ0n) is 4.49. The monoisotopic (exact) mass is 99.1 g/mol. The summed E-state index contributed by atoms with van der Waals surface area (Å²) in [5, 5.41) is 0. The molecule has 0 amide bonds. The van der Waals surface area contributed by atoms with Gasteiger partial charge in [-0.15, -0.1) is 0 Å². The predicted molar refractivity (Wildman–Crippen MR) is 30.4 cm³/mol. The minimum absolute atomic E-state index is 0.258. The molecule has 0 N–H and O–H groups in total. The van der Waals surface area contributed by atoms with Gasteiger partial charge in [-0.3, -0.25) is 0 Å². The zero-order valence-corrected chi connectivity index (χ0v) is 5.49. The quantitative estimate of drug-likeness (QED) is 0.406. The Morgan fingerprint density at radius 1 is 1.50 bits per heavy atom. The van der Waals surface area contributed by atoms with Crippen molar-refractivity contribution in [2.75, 3.05) is 0 Å². The smallest absolute Gasteiger partial charge is 0.0451 e. The molecule has 0 atom stereocenters. The van der Waals surface area contributed by atoms with Crippen molar-refractivity contribution in [2.24, 2.45) is 5.92 Å². The van der Waals surface area contributed by atoms with Crippen molar-refractivity contribution in [3.8, 4) is 0 Å². The molecule has 0 spiro atoms. The number of rotatable bonds is 0. The Kier molecular flexibility index (Phi) is 1.00. The summed E-state index contributed by atoms with van der Waals surface area (Å²) in [6, 6.07) is 3.15. The van der Waals surface area contributed by atoms with Crippen LogP contribution in [0.4, 0.5) is 0 Å². The van der Waals surface area contributed by atoms with Gasteiger partial charge in [-0.25, -0.2) is 0 Å². The third-order valence-corrected chi connectivity index (χ3v) is 4.18. The van der Waals surface area contributed by atoms with Crippen molar-refractivity contribution in [3.63, 3.8) is 0 Å². The van der Waals surface area contributed by atoms with E-state index in [1.165, 1.54) is 0 Å². The van der Waals surface area contributed by atoms with Gasteiger partial charge in [0, 0.05) is 8.80 Å². The van der Waals surface area contributed by atoms with Gasteiger partial charge in [-0.2, -0.15) is 0 Å². The normalized spacial score (nSPS) is 27.0. The maximum atomic E-state index is 2.42. The Bertz CT molecular complexity index is 39.9. The Morgan fingerprint density at radius 3 is 2.00 bits per heavy atom. The van der Waals surface area contributed by atoms with Gasteiger partial charge in [0.05, 0.1) is 0 Å². The minimum Gasteiger partial charge on any atom is -0.0711 e. The number of hydrogen-bond acceptors (Lipinski definition) is 0. The van der Waals surface area contributed by atoms with E-state index in [-0.39, 0.29) is 8.80 Å². The first-order chi connectivity index (χ1) is 2.79. The summed E-state index contributed by atoms with van der Waals surface area (Å²) >= 11 is 0. The topological polar surface area (TPSA) is 0 Å². The fourth-order valence-corrected chi connectivity index (χ4v) is 3.39. The van der Waals surface area contributed by atoms with Crippen LogP contribution in [0.25, 0.3) is 0 Å². The lowest BCUT2D eigenvalue weighted by atomic mass is 10.2. The summed E-state index contributed by atoms with van der Waals surface area (Å²) in [5.74, 6) is 1.09. The summed E-state index contributed by atoms with van der Waals surface area (Å²) in [7, 11) is 0.258. The lowest BCUT2D eigenvalue weighted by molar-refractivity contribution is 0.652. The molecule has 0 nitrogen and oxygen atoms in total. The fraction of sp³-hybridized carbons (Fsp3) is 1.00. The minimum atomic E-state index is 0.258. The lowest BCUT2D eigenvalue weighted by Crippen LogP contribution is -2.25. The van der Waals surface area contributed by atoms with Gasteiger partial charge < -0.3 is 0 Å². The summed E-state index contributed by atoms with van der Waals surface area (Å²) in [6.45, 7) is 4.77. The first-order valence-electron chi connectivity index (χ1n) is 2.60. The molecule has 0 aromatic heterocycles. The van der Waals surface area contributed by atoms with Crippen LogP contribution < -0.4 is 0 Å². The molecular formula is C5H11Si. The summed E-state index contributed by atoms with van der Waals surface area (Å²) < 4.78 is 0. The second kappa shape index (κ2) is 1.37. The maximum Gasteiger partial charge on any atom is 0.0451 e. The van der Waals surface area contributed by atoms with Crippen molar-refractivity contribution in [3.05, 3.63) is 0 Å². The fourth-order valence-electron chi connectivity index (χ4n) is 1.13. The van der Waals surface area contributed by atoms with E-state index in [0.717, 1.165) is 5.92 Å². The van der Waals surface area contributed by atoms with Crippen LogP contribution in [0, 0.1) is 5.92 Å². The summed E-state index contributed by atoms with van der Waals surface area (Å²) in [6.07, 6.45) is 0. The largest absolute Gasteiger partial charge is 0.0711 e. The van der Waals surface area contributed by atoms with E-state index in [4.69, 9.17) is 0 Å². The van der Waals surface area contributed by atoms with E-state index < -0.39 is 0 Å². The second-order valence-corrected chi connectivity index (χ2v) is 5.20. The highest BCUT2D eigenvalue weighted by molar-refractivity contribution is 6.60. The molecule has 1 aliphatic rings. The highest BCUT2D eigenvalue weighted by Gasteiger charge is 2.21. The molecule has 1 heteroatoms. The van der Waals surface area contributed by atoms with Crippen LogP contribution in [0.15, 0.2) is 0 Å². The SMILES string of the molecule is CC1C[Si](C)C1. The lowest BCUT2D eigenvalue weighted by Gasteiger charge is -2.27. The van der Waals surface area contributed by atoms with Gasteiger partial charge in [0.1, 0.15) is 0 Å². The van der Waals surface area contributed by atoms with Crippen molar-refractivity contribution < 1.29 is 0 Å². The first kappa shape index (κ1) is 4.38. The second-order valence-electron chi connectivity index (χ2n) is 2.47. The molecule has 0 unspecified atom stereocenters. The average Bonchev–Trinajstić information content (AvgIpc) is 1.33. The molecule has 1 radical (unpaired) electrons. The first-order valence-corrected chi connectivity index (χ1v) is 5.02. The maximum absolute atomic E-state index is 2.42. The molecule has 0 aliphatic carbocycles. The molecule has 1 heterocycles. The molecule has 1 saturated heterocycles. The van der Waals surface area contributed by atoms with E-state index >= 15 is 0 Å². The zero-order chi connectivity index (χ0) is 4.57. The van der Waals surface area contributed by atoms with Crippen LogP contribution >= 0.6 is 0 Å². The molecule has 0 aromatic rings. The Morgan fingerprint density at radius 2 is 2.00 bits per heavy atom. The third-order valence-electron chi connectivity index (χ3n) is 1.39. The molecule has 6 heavy (non-hydrogen) atoms. The third kappa shape index (κ3) is 0.646. The number of hydrogen-bond donors (Lipinski definition) is 0. The van der Waals surface area contributed by atoms with Gasteiger partial charge >= 0.3 is 0 Å². The van der Waals surface area contributed by atoms with Gasteiger partial charge in [0.25, 0.3) is 0 Å². The molecular weight excluding hydrogens is 88.1 g/mol. The van der Waals surface area contributed by atoms with Gasteiger partial charge in [-0.05, 0) is 5.92 Å². The van der Waals surface area contributed by atoms with Crippen LogP contribution in [0.2, 0.25) is 18.6 Å². The van der Waals surface area contributed by atoms with Gasteiger partial charge in [0.15, 0.2) is 0 Å². The Hall–Kier alpha value is 0.217. The van der Waals surface area contributed by atoms with Crippen molar-refractivity contribution in [2.45, 2.75) is 25.6 Å². The molecule has 0 aromatic carbocycles. The van der Waals surface area contributed by atoms with Crippen molar-refractivity contribution >= 4 is 8.80 Å². The van der Waals surface area contributed by atoms with Gasteiger partial charge in [-0.1, -0.05) is 25.6 Å². The van der Waals surface area contributed by atoms with Crippen LogP contribution in [0.1, 0.15) is 6.92 Å². The van der Waals surface area contributed by atoms with Crippen molar-refractivity contribution in [1.29, 1.82) is 0 Å². The molecule has 35 valence electrons. The van der Waals surface area contributed by atoms with Crippen LogP contribution in [-0.2, 0) is 0 Å². The van der Waals surface area contributed by atoms with E-state index in [1.54, 1.807) is 12.1 Å². The molecule has 1 fully saturated rings. The Balaban J connectivity index is 2.11. The van der Waals surface area contributed by atoms with Crippen LogP contribution in [0.3, 0.4) is 0 Å². The predicted octanol–water partition coefficient (Wildman–Crippen LogP) is 1.76. The Labute approximate surface area is 41.2 Å². The molecule has 0 saturated carbocycles.